The van der Waals surface area contributed by atoms with Gasteiger partial charge in [-0.15, -0.1) is 0 Å². The molecule has 0 bridgehead atoms. The molecule has 1 aliphatic rings. The van der Waals surface area contributed by atoms with Crippen LogP contribution < -0.4 is 9.80 Å². The van der Waals surface area contributed by atoms with E-state index >= 15 is 0 Å². The summed E-state index contributed by atoms with van der Waals surface area (Å²) >= 11 is 0. The van der Waals surface area contributed by atoms with E-state index in [9.17, 15) is 43.2 Å². The third-order valence-electron chi connectivity index (χ3n) is 6.62. The molecule has 0 fully saturated rings. The van der Waals surface area contributed by atoms with Crippen LogP contribution in [0.15, 0.2) is 48.8 Å². The largest absolute Gasteiger partial charge is 1.00 e. The Labute approximate surface area is 277 Å². The molecule has 2 aromatic carbocycles. The molecule has 7 nitrogen and oxygen atoms in total. The van der Waals surface area contributed by atoms with Crippen molar-refractivity contribution in [2.75, 3.05) is 9.80 Å². The molecule has 0 saturated carbocycles. The van der Waals surface area contributed by atoms with E-state index in [1.165, 1.54) is 33.6 Å². The average molecular weight is 867 g/mol. The molecule has 1 heterocycles. The second-order valence-corrected chi connectivity index (χ2v) is 14.8. The molecule has 45 heavy (non-hydrogen) atoms. The van der Waals surface area contributed by atoms with E-state index in [4.69, 9.17) is 0 Å². The van der Waals surface area contributed by atoms with Gasteiger partial charge in [0.1, 0.15) is 0 Å². The van der Waals surface area contributed by atoms with Crippen LogP contribution in [0.1, 0.15) is 101 Å². The van der Waals surface area contributed by atoms with Crippen LogP contribution in [0.5, 0.6) is 0 Å². The fourth-order valence-corrected chi connectivity index (χ4v) is 6.16. The maximum absolute atomic E-state index is 11.4. The Hall–Kier alpha value is -2.04. The van der Waals surface area contributed by atoms with E-state index in [1.807, 2.05) is 0 Å². The first-order valence-electron chi connectivity index (χ1n) is 13.6. The first-order chi connectivity index (χ1) is 19.9. The molecule has 0 saturated heterocycles. The van der Waals surface area contributed by atoms with E-state index < -0.39 is 31.1 Å². The van der Waals surface area contributed by atoms with Gasteiger partial charge in [-0.1, -0.05) is 91.8 Å². The van der Waals surface area contributed by atoms with Crippen LogP contribution in [0.2, 0.25) is 0 Å². The van der Waals surface area contributed by atoms with Gasteiger partial charge in [0, 0.05) is 23.8 Å². The summed E-state index contributed by atoms with van der Waals surface area (Å²) in [5, 5.41) is 0. The van der Waals surface area contributed by atoms with Crippen molar-refractivity contribution in [2.45, 2.75) is 90.1 Å². The van der Waals surface area contributed by atoms with Crippen LogP contribution in [-0.4, -0.2) is 27.9 Å². The molecule has 0 aliphatic carbocycles. The Morgan fingerprint density at radius 2 is 0.800 bits per heavy atom. The van der Waals surface area contributed by atoms with Crippen molar-refractivity contribution < 1.29 is 65.6 Å². The molecule has 2 aromatic rings. The monoisotopic (exact) mass is 866 g/mol. The normalized spacial score (nSPS) is 14.4. The summed E-state index contributed by atoms with van der Waals surface area (Å²) in [4.78, 5) is 4.65. The first-order valence-corrected chi connectivity index (χ1v) is 16.5. The van der Waals surface area contributed by atoms with Gasteiger partial charge in [0.25, 0.3) is 0 Å². The molecule has 0 spiro atoms. The van der Waals surface area contributed by atoms with Gasteiger partial charge in [-0.05, 0) is 45.9 Å². The van der Waals surface area contributed by atoms with Crippen LogP contribution in [-0.2, 0) is 42.4 Å². The zero-order valence-electron chi connectivity index (χ0n) is 25.9. The van der Waals surface area contributed by atoms with E-state index in [2.05, 4.69) is 121 Å². The minimum absolute atomic E-state index is 0. The molecular formula is C29H37AuF6N3O4S2. The van der Waals surface area contributed by atoms with Gasteiger partial charge in [-0.2, -0.15) is 26.3 Å². The van der Waals surface area contributed by atoms with Gasteiger partial charge in [-0.3, -0.25) is 0 Å². The number of hydrogen-bond acceptors (Lipinski definition) is 6. The molecular weight excluding hydrogens is 829 g/mol. The number of rotatable bonds is 8. The van der Waals surface area contributed by atoms with E-state index in [0.717, 1.165) is 4.13 Å². The number of halogens is 6. The molecule has 0 unspecified atom stereocenters. The Balaban J connectivity index is 0.000000541. The average Bonchev–Trinajstić information content (AvgIpc) is 3.35. The number of para-hydroxylation sites is 2. The van der Waals surface area contributed by atoms with Crippen molar-refractivity contribution in [1.82, 2.24) is 0 Å². The number of nitrogens with zero attached hydrogens (tertiary/aromatic N) is 3. The maximum Gasteiger partial charge on any atom is 1.00 e. The van der Waals surface area contributed by atoms with Gasteiger partial charge in [-0.25, -0.2) is 16.8 Å². The third kappa shape index (κ3) is 9.74. The second kappa shape index (κ2) is 15.2. The Bertz CT molecular complexity index is 1390. The maximum atomic E-state index is 11.4. The Kier molecular flexibility index (Phi) is 13.9. The zero-order valence-corrected chi connectivity index (χ0v) is 29.7. The summed E-state index contributed by atoms with van der Waals surface area (Å²) < 4.78 is 109. The minimum Gasteiger partial charge on any atom is -0.421 e. The summed E-state index contributed by atoms with van der Waals surface area (Å²) in [6, 6.07) is 13.5. The molecule has 16 heteroatoms. The van der Waals surface area contributed by atoms with E-state index in [-0.39, 0.29) is 22.4 Å². The molecule has 0 aromatic heterocycles. The van der Waals surface area contributed by atoms with Crippen molar-refractivity contribution in [2.24, 2.45) is 0 Å². The predicted molar refractivity (Wildman–Crippen MR) is 161 cm³/mol. The fourth-order valence-electron chi connectivity index (χ4n) is 4.45. The number of alkyl halides is 6. The van der Waals surface area contributed by atoms with Crippen LogP contribution in [0, 0.1) is 6.67 Å². The van der Waals surface area contributed by atoms with Gasteiger partial charge in [0.15, 0.2) is 26.7 Å². The Morgan fingerprint density at radius 3 is 1.00 bits per heavy atom. The summed E-state index contributed by atoms with van der Waals surface area (Å²) in [5.74, 6) is 1.92. The topological polar surface area (TPSA) is 88.9 Å². The molecule has 257 valence electrons. The molecule has 0 atom stereocenters. The molecule has 1 aliphatic heterocycles. The minimum atomic E-state index is -6.72. The summed E-state index contributed by atoms with van der Waals surface area (Å²) in [6.07, 6.45) is 4.43. The van der Waals surface area contributed by atoms with Gasteiger partial charge in [0.05, 0.1) is 0 Å². The molecule has 0 amide bonds. The van der Waals surface area contributed by atoms with E-state index in [0.29, 0.717) is 23.7 Å². The van der Waals surface area contributed by atoms with Crippen molar-refractivity contribution in [3.05, 3.63) is 81.8 Å². The standard InChI is InChI=1S/C27H37N2.C2F6NO4S2.Au/c1-18(2)22-11-9-12-23(19(3)4)26(22)28-15-16-29(17-28)27-24(20(5)6)13-10-14-25(27)21(7)8;3-1(4,5)14(10,11)9-15(12,13)2(6,7)8;/h9-21H,1-8H3;;/q;-1;+1. The van der Waals surface area contributed by atoms with Crippen LogP contribution in [0.3, 0.4) is 0 Å². The Morgan fingerprint density at radius 1 is 0.556 bits per heavy atom. The number of benzene rings is 2. The van der Waals surface area contributed by atoms with Crippen LogP contribution in [0.4, 0.5) is 37.7 Å². The molecule has 1 radical (unpaired) electrons. The second-order valence-electron chi connectivity index (χ2n) is 11.3. The summed E-state index contributed by atoms with van der Waals surface area (Å²) in [6.45, 7) is 20.5. The van der Waals surface area contributed by atoms with Crippen molar-refractivity contribution in [1.29, 1.82) is 0 Å². The number of hydrogen-bond donors (Lipinski definition) is 0. The van der Waals surface area contributed by atoms with Crippen molar-refractivity contribution >= 4 is 31.4 Å². The van der Waals surface area contributed by atoms with Gasteiger partial charge >= 0.3 is 33.4 Å². The van der Waals surface area contributed by atoms with Crippen LogP contribution in [0.25, 0.3) is 4.13 Å². The summed E-state index contributed by atoms with van der Waals surface area (Å²) in [7, 11) is -13.4. The number of sulfonamides is 2. The summed E-state index contributed by atoms with van der Waals surface area (Å²) in [5.41, 5.74) is -4.12. The fraction of sp³-hybridized carbons (Fsp3) is 0.483. The van der Waals surface area contributed by atoms with Gasteiger partial charge < -0.3 is 13.9 Å². The van der Waals surface area contributed by atoms with Crippen LogP contribution >= 0.6 is 0 Å². The quantitative estimate of drug-likeness (QED) is 0.194. The van der Waals surface area contributed by atoms with E-state index in [1.54, 1.807) is 0 Å². The molecule has 0 N–H and O–H groups in total. The van der Waals surface area contributed by atoms with Crippen molar-refractivity contribution in [3.63, 3.8) is 0 Å². The van der Waals surface area contributed by atoms with Gasteiger partial charge in [0.2, 0.25) is 0 Å². The number of anilines is 2. The first kappa shape index (κ1) is 41.0. The van der Waals surface area contributed by atoms with Crippen molar-refractivity contribution in [3.8, 4) is 0 Å². The third-order valence-corrected chi connectivity index (χ3v) is 9.36. The molecule has 3 rings (SSSR count). The zero-order chi connectivity index (χ0) is 34.0. The smallest absolute Gasteiger partial charge is 0.421 e. The SMILES string of the molecule is CC(C)c1cccc(C(C)C)c1N1[CH]N(c2c(C(C)C)cccc2C(C)C)C=C1.O=S(=O)([N-]S(=O)(=O)C(F)(F)F)C(F)(F)F.[Au+]. The predicted octanol–water partition coefficient (Wildman–Crippen LogP) is 9.15.